The van der Waals surface area contributed by atoms with Crippen LogP contribution < -0.4 is 11.1 Å². The van der Waals surface area contributed by atoms with E-state index in [1.807, 2.05) is 49.4 Å². The molecule has 3 nitrogen and oxygen atoms in total. The molecule has 2 rings (SSSR count). The van der Waals surface area contributed by atoms with E-state index >= 15 is 0 Å². The Labute approximate surface area is 129 Å². The highest BCUT2D eigenvalue weighted by atomic mass is 35.5. The van der Waals surface area contributed by atoms with Gasteiger partial charge in [-0.2, -0.15) is 0 Å². The van der Waals surface area contributed by atoms with Crippen LogP contribution in [-0.2, 0) is 11.2 Å². The van der Waals surface area contributed by atoms with Crippen molar-refractivity contribution in [2.45, 2.75) is 19.4 Å². The largest absolute Gasteiger partial charge is 0.354 e. The summed E-state index contributed by atoms with van der Waals surface area (Å²) in [6.45, 7) is 2.50. The summed E-state index contributed by atoms with van der Waals surface area (Å²) in [7, 11) is 0. The second kappa shape index (κ2) is 8.04. The summed E-state index contributed by atoms with van der Waals surface area (Å²) in [5.74, 6) is 0.0215. The average molecular weight is 311 g/mol. The first-order valence-corrected chi connectivity index (χ1v) is 7.09. The summed E-state index contributed by atoms with van der Waals surface area (Å²) in [4.78, 5) is 14.1. The van der Waals surface area contributed by atoms with Gasteiger partial charge in [-0.05, 0) is 24.6 Å². The van der Waals surface area contributed by atoms with Crippen LogP contribution in [0.4, 0.5) is 0 Å². The van der Waals surface area contributed by atoms with E-state index in [4.69, 9.17) is 5.73 Å². The third-order valence-corrected chi connectivity index (χ3v) is 3.88. The fourth-order valence-electron chi connectivity index (χ4n) is 1.84. The first kappa shape index (κ1) is 16.7. The molecule has 1 heterocycles. The molecule has 1 amide bonds. The fraction of sp³-hybridized carbons (Fsp3) is 0.267. The Bertz CT molecular complexity index is 542. The van der Waals surface area contributed by atoms with Crippen LogP contribution in [0.25, 0.3) is 0 Å². The van der Waals surface area contributed by atoms with Gasteiger partial charge in [-0.15, -0.1) is 23.7 Å². The SMILES string of the molecule is Cc1ccc(CC(=O)NCC(N)c2ccccc2)s1.Cl. The number of nitrogens with one attached hydrogen (secondary N) is 1. The number of halogens is 1. The van der Waals surface area contributed by atoms with Gasteiger partial charge in [0.1, 0.15) is 0 Å². The summed E-state index contributed by atoms with van der Waals surface area (Å²) in [6, 6.07) is 13.7. The van der Waals surface area contributed by atoms with Gasteiger partial charge in [-0.3, -0.25) is 4.79 Å². The highest BCUT2D eigenvalue weighted by Gasteiger charge is 2.09. The lowest BCUT2D eigenvalue weighted by molar-refractivity contribution is -0.120. The van der Waals surface area contributed by atoms with Crippen molar-refractivity contribution in [3.8, 4) is 0 Å². The number of hydrogen-bond acceptors (Lipinski definition) is 3. The Morgan fingerprint density at radius 1 is 1.25 bits per heavy atom. The van der Waals surface area contributed by atoms with Crippen molar-refractivity contribution in [2.75, 3.05) is 6.54 Å². The maximum Gasteiger partial charge on any atom is 0.225 e. The van der Waals surface area contributed by atoms with Crippen LogP contribution in [0.15, 0.2) is 42.5 Å². The maximum atomic E-state index is 11.8. The Balaban J connectivity index is 0.00000200. The standard InChI is InChI=1S/C15H18N2OS.ClH/c1-11-7-8-13(19-11)9-15(18)17-10-14(16)12-5-3-2-4-6-12;/h2-8,14H,9-10,16H2,1H3,(H,17,18);1H. The van der Waals surface area contributed by atoms with Crippen molar-refractivity contribution in [1.29, 1.82) is 0 Å². The summed E-state index contributed by atoms with van der Waals surface area (Å²) < 4.78 is 0. The Morgan fingerprint density at radius 2 is 1.95 bits per heavy atom. The summed E-state index contributed by atoms with van der Waals surface area (Å²) in [5, 5.41) is 2.88. The zero-order chi connectivity index (χ0) is 13.7. The summed E-state index contributed by atoms with van der Waals surface area (Å²) in [6.07, 6.45) is 0.431. The molecule has 0 fully saturated rings. The highest BCUT2D eigenvalue weighted by molar-refractivity contribution is 7.12. The number of benzene rings is 1. The van der Waals surface area contributed by atoms with Gasteiger partial charge in [-0.1, -0.05) is 30.3 Å². The molecular weight excluding hydrogens is 292 g/mol. The Kier molecular flexibility index (Phi) is 6.71. The zero-order valence-electron chi connectivity index (χ0n) is 11.3. The number of carbonyl (C=O) groups excluding carboxylic acids is 1. The molecule has 1 aromatic heterocycles. The van der Waals surface area contributed by atoms with Gasteiger partial charge in [-0.25, -0.2) is 0 Å². The minimum atomic E-state index is -0.157. The minimum Gasteiger partial charge on any atom is -0.354 e. The minimum absolute atomic E-state index is 0. The molecule has 0 aliphatic heterocycles. The van der Waals surface area contributed by atoms with Crippen molar-refractivity contribution in [2.24, 2.45) is 5.73 Å². The van der Waals surface area contributed by atoms with Gasteiger partial charge in [0.05, 0.1) is 6.42 Å². The number of hydrogen-bond donors (Lipinski definition) is 2. The van der Waals surface area contributed by atoms with E-state index in [-0.39, 0.29) is 24.4 Å². The predicted octanol–water partition coefficient (Wildman–Crippen LogP) is 2.84. The van der Waals surface area contributed by atoms with Gasteiger partial charge in [0.2, 0.25) is 5.91 Å². The molecule has 5 heteroatoms. The molecule has 108 valence electrons. The second-order valence-electron chi connectivity index (χ2n) is 4.51. The number of nitrogens with two attached hydrogens (primary N) is 1. The lowest BCUT2D eigenvalue weighted by atomic mass is 10.1. The number of amides is 1. The van der Waals surface area contributed by atoms with Crippen LogP contribution in [0.5, 0.6) is 0 Å². The zero-order valence-corrected chi connectivity index (χ0v) is 13.0. The Hall–Kier alpha value is -1.36. The van der Waals surface area contributed by atoms with Gasteiger partial charge in [0.15, 0.2) is 0 Å². The summed E-state index contributed by atoms with van der Waals surface area (Å²) >= 11 is 1.65. The number of carbonyl (C=O) groups is 1. The molecule has 1 unspecified atom stereocenters. The van der Waals surface area contributed by atoms with E-state index in [1.165, 1.54) is 4.88 Å². The van der Waals surface area contributed by atoms with E-state index in [0.717, 1.165) is 10.4 Å². The van der Waals surface area contributed by atoms with Gasteiger partial charge in [0, 0.05) is 22.3 Å². The smallest absolute Gasteiger partial charge is 0.225 e. The molecule has 0 saturated heterocycles. The first-order valence-electron chi connectivity index (χ1n) is 6.27. The molecule has 20 heavy (non-hydrogen) atoms. The Morgan fingerprint density at radius 3 is 2.55 bits per heavy atom. The maximum absolute atomic E-state index is 11.8. The number of aryl methyl sites for hydroxylation is 1. The molecule has 1 aromatic carbocycles. The first-order chi connectivity index (χ1) is 9.15. The average Bonchev–Trinajstić information content (AvgIpc) is 2.82. The van der Waals surface area contributed by atoms with Crippen LogP contribution in [0.2, 0.25) is 0 Å². The summed E-state index contributed by atoms with van der Waals surface area (Å²) in [5.41, 5.74) is 7.07. The normalized spacial score (nSPS) is 11.5. The van der Waals surface area contributed by atoms with Crippen molar-refractivity contribution in [3.63, 3.8) is 0 Å². The van der Waals surface area contributed by atoms with Crippen molar-refractivity contribution in [1.82, 2.24) is 5.32 Å². The van der Waals surface area contributed by atoms with Crippen LogP contribution >= 0.6 is 23.7 Å². The monoisotopic (exact) mass is 310 g/mol. The number of thiophene rings is 1. The van der Waals surface area contributed by atoms with Crippen molar-refractivity contribution < 1.29 is 4.79 Å². The van der Waals surface area contributed by atoms with E-state index in [1.54, 1.807) is 11.3 Å². The van der Waals surface area contributed by atoms with Gasteiger partial charge >= 0.3 is 0 Å². The van der Waals surface area contributed by atoms with Crippen LogP contribution in [-0.4, -0.2) is 12.5 Å². The van der Waals surface area contributed by atoms with E-state index in [9.17, 15) is 4.79 Å². The van der Waals surface area contributed by atoms with Crippen molar-refractivity contribution in [3.05, 3.63) is 57.8 Å². The van der Waals surface area contributed by atoms with Crippen molar-refractivity contribution >= 4 is 29.7 Å². The fourth-order valence-corrected chi connectivity index (χ4v) is 2.73. The van der Waals surface area contributed by atoms with E-state index < -0.39 is 0 Å². The van der Waals surface area contributed by atoms with E-state index in [0.29, 0.717) is 13.0 Å². The molecule has 2 aromatic rings. The molecular formula is C15H19ClN2OS. The molecule has 0 bridgehead atoms. The third-order valence-electron chi connectivity index (χ3n) is 2.88. The third kappa shape index (κ3) is 4.96. The predicted molar refractivity (Wildman–Crippen MR) is 86.4 cm³/mol. The number of rotatable bonds is 5. The molecule has 0 spiro atoms. The molecule has 3 N–H and O–H groups in total. The van der Waals surface area contributed by atoms with Crippen LogP contribution in [0.3, 0.4) is 0 Å². The molecule has 0 aliphatic rings. The molecule has 0 saturated carbocycles. The molecule has 0 radical (unpaired) electrons. The topological polar surface area (TPSA) is 55.1 Å². The lowest BCUT2D eigenvalue weighted by Crippen LogP contribution is -2.32. The van der Waals surface area contributed by atoms with Gasteiger partial charge in [0.25, 0.3) is 0 Å². The van der Waals surface area contributed by atoms with Crippen LogP contribution in [0, 0.1) is 6.92 Å². The lowest BCUT2D eigenvalue weighted by Gasteiger charge is -2.12. The van der Waals surface area contributed by atoms with E-state index in [2.05, 4.69) is 5.32 Å². The highest BCUT2D eigenvalue weighted by Crippen LogP contribution is 2.15. The molecule has 0 aliphatic carbocycles. The van der Waals surface area contributed by atoms with Crippen LogP contribution in [0.1, 0.15) is 21.4 Å². The van der Waals surface area contributed by atoms with Gasteiger partial charge < -0.3 is 11.1 Å². The quantitative estimate of drug-likeness (QED) is 0.892. The molecule has 1 atom stereocenters. The second-order valence-corrected chi connectivity index (χ2v) is 5.88.